The second-order valence-corrected chi connectivity index (χ2v) is 12.8. The molecule has 200 valence electrons. The second kappa shape index (κ2) is 13.2. The lowest BCUT2D eigenvalue weighted by Gasteiger charge is -2.27. The van der Waals surface area contributed by atoms with Crippen LogP contribution in [-0.2, 0) is 24.8 Å². The summed E-state index contributed by atoms with van der Waals surface area (Å²) in [6.07, 6.45) is -0.524. The highest BCUT2D eigenvalue weighted by molar-refractivity contribution is 7.91. The van der Waals surface area contributed by atoms with Crippen molar-refractivity contribution in [2.45, 2.75) is 46.1 Å². The Bertz CT molecular complexity index is 1110. The van der Waals surface area contributed by atoms with Gasteiger partial charge in [-0.25, -0.2) is 8.42 Å². The third-order valence-corrected chi connectivity index (χ3v) is 8.59. The highest BCUT2D eigenvalue weighted by Gasteiger charge is 2.26. The first-order valence-corrected chi connectivity index (χ1v) is 14.7. The van der Waals surface area contributed by atoms with Crippen LogP contribution in [-0.4, -0.2) is 51.1 Å². The molecular weight excluding hydrogens is 547 g/mol. The van der Waals surface area contributed by atoms with Crippen molar-refractivity contribution >= 4 is 50.6 Å². The number of hydrogen-bond donors (Lipinski definition) is 0. The first-order valence-electron chi connectivity index (χ1n) is 11.6. The number of hydrogen-bond acceptors (Lipinski definition) is 6. The molecular formula is C26H33Cl3O6S. The molecule has 0 aliphatic heterocycles. The lowest BCUT2D eigenvalue weighted by atomic mass is 9.78. The van der Waals surface area contributed by atoms with Crippen molar-refractivity contribution in [1.29, 1.82) is 0 Å². The highest BCUT2D eigenvalue weighted by Crippen LogP contribution is 2.41. The smallest absolute Gasteiger partial charge is 0.303 e. The molecule has 0 unspecified atom stereocenters. The van der Waals surface area contributed by atoms with Gasteiger partial charge < -0.3 is 14.2 Å². The summed E-state index contributed by atoms with van der Waals surface area (Å²) in [4.78, 5) is 11.1. The first kappa shape index (κ1) is 30.6. The van der Waals surface area contributed by atoms with Crippen LogP contribution in [0.15, 0.2) is 36.4 Å². The summed E-state index contributed by atoms with van der Waals surface area (Å²) in [7, 11) is -3.10. The summed E-state index contributed by atoms with van der Waals surface area (Å²) in [5.74, 6) is 0.627. The molecule has 0 aliphatic carbocycles. The largest absolute Gasteiger partial charge is 0.490 e. The Balaban J connectivity index is 2.12. The Labute approximate surface area is 229 Å². The van der Waals surface area contributed by atoms with Crippen LogP contribution < -0.4 is 9.47 Å². The minimum atomic E-state index is -3.10. The van der Waals surface area contributed by atoms with Crippen molar-refractivity contribution in [1.82, 2.24) is 0 Å². The van der Waals surface area contributed by atoms with Gasteiger partial charge in [0.2, 0.25) is 0 Å². The molecule has 0 N–H and O–H groups in total. The number of benzene rings is 2. The van der Waals surface area contributed by atoms with Crippen molar-refractivity contribution in [3.63, 3.8) is 0 Å². The monoisotopic (exact) mass is 578 g/mol. The van der Waals surface area contributed by atoms with Crippen LogP contribution in [0, 0.1) is 5.92 Å². The molecule has 2 aromatic carbocycles. The van der Waals surface area contributed by atoms with E-state index in [9.17, 15) is 13.2 Å². The van der Waals surface area contributed by atoms with Crippen LogP contribution >= 0.6 is 34.8 Å². The van der Waals surface area contributed by atoms with Crippen molar-refractivity contribution in [2.24, 2.45) is 5.92 Å². The number of ether oxygens (including phenoxy) is 3. The van der Waals surface area contributed by atoms with Gasteiger partial charge in [0.1, 0.15) is 28.3 Å². The fourth-order valence-corrected chi connectivity index (χ4v) is 5.50. The van der Waals surface area contributed by atoms with E-state index in [1.54, 1.807) is 6.92 Å². The van der Waals surface area contributed by atoms with Gasteiger partial charge in [-0.1, -0.05) is 63.0 Å². The summed E-state index contributed by atoms with van der Waals surface area (Å²) in [5.41, 5.74) is 1.45. The molecule has 2 aromatic rings. The molecule has 0 fully saturated rings. The summed E-state index contributed by atoms with van der Waals surface area (Å²) in [6, 6.07) is 11.2. The number of esters is 1. The quantitative estimate of drug-likeness (QED) is 0.204. The maximum atomic E-state index is 11.8. The fraction of sp³-hybridized carbons (Fsp3) is 0.500. The van der Waals surface area contributed by atoms with Crippen LogP contribution in [0.3, 0.4) is 0 Å². The van der Waals surface area contributed by atoms with E-state index in [-0.39, 0.29) is 36.5 Å². The van der Waals surface area contributed by atoms with E-state index >= 15 is 0 Å². The maximum Gasteiger partial charge on any atom is 0.303 e. The van der Waals surface area contributed by atoms with E-state index in [2.05, 4.69) is 0 Å². The van der Waals surface area contributed by atoms with Crippen molar-refractivity contribution in [2.75, 3.05) is 30.6 Å². The molecule has 0 saturated carbocycles. The van der Waals surface area contributed by atoms with Gasteiger partial charge in [-0.2, -0.15) is 0 Å². The summed E-state index contributed by atoms with van der Waals surface area (Å²) >= 11 is 18.9. The van der Waals surface area contributed by atoms with Gasteiger partial charge in [-0.15, -0.1) is 11.6 Å². The molecule has 0 amide bonds. The molecule has 6 nitrogen and oxygen atoms in total. The fourth-order valence-electron chi connectivity index (χ4n) is 3.55. The predicted octanol–water partition coefficient (Wildman–Crippen LogP) is 6.32. The van der Waals surface area contributed by atoms with Gasteiger partial charge >= 0.3 is 5.97 Å². The average Bonchev–Trinajstić information content (AvgIpc) is 2.80. The van der Waals surface area contributed by atoms with Gasteiger partial charge in [0, 0.05) is 24.0 Å². The molecule has 0 saturated heterocycles. The van der Waals surface area contributed by atoms with Gasteiger partial charge in [0.25, 0.3) is 0 Å². The van der Waals surface area contributed by atoms with E-state index in [0.29, 0.717) is 21.5 Å². The SMILES string of the molecule is CCS(=O)(=O)C[C@H](C)COc1c(Cl)cc(C(C)(C)c2ccc(OC[C@H](CCl)OC(C)=O)cc2)cc1Cl. The molecule has 0 aromatic heterocycles. The molecule has 10 heteroatoms. The standard InChI is InChI=1S/C26H33Cl3O6S/c1-6-36(31,32)16-17(2)14-34-25-23(28)11-20(12-24(25)29)26(4,5)19-7-9-21(10-8-19)33-15-22(13-27)35-18(3)30/h7-12,17,22H,6,13-16H2,1-5H3/t17-,22+/m1/s1. The number of carbonyl (C=O) groups excluding carboxylic acids is 1. The van der Waals surface area contributed by atoms with Crippen molar-refractivity contribution in [3.8, 4) is 11.5 Å². The zero-order valence-corrected chi connectivity index (χ0v) is 24.2. The van der Waals surface area contributed by atoms with E-state index < -0.39 is 27.3 Å². The van der Waals surface area contributed by atoms with Gasteiger partial charge in [0.15, 0.2) is 5.75 Å². The summed E-state index contributed by atoms with van der Waals surface area (Å²) < 4.78 is 40.3. The van der Waals surface area contributed by atoms with Gasteiger partial charge in [-0.3, -0.25) is 4.79 Å². The number of rotatable bonds is 13. The minimum absolute atomic E-state index is 0.0415. The number of sulfone groups is 1. The van der Waals surface area contributed by atoms with Crippen LogP contribution in [0.5, 0.6) is 11.5 Å². The van der Waals surface area contributed by atoms with E-state index in [1.165, 1.54) is 6.92 Å². The Morgan fingerprint density at radius 2 is 1.58 bits per heavy atom. The topological polar surface area (TPSA) is 78.9 Å². The van der Waals surface area contributed by atoms with Crippen molar-refractivity contribution < 1.29 is 27.4 Å². The van der Waals surface area contributed by atoms with Crippen LogP contribution in [0.25, 0.3) is 0 Å². The third-order valence-electron chi connectivity index (χ3n) is 5.73. The lowest BCUT2D eigenvalue weighted by Crippen LogP contribution is -2.25. The zero-order valence-electron chi connectivity index (χ0n) is 21.1. The molecule has 0 aliphatic rings. The van der Waals surface area contributed by atoms with Crippen molar-refractivity contribution in [3.05, 3.63) is 57.6 Å². The summed E-state index contributed by atoms with van der Waals surface area (Å²) in [6.45, 7) is 9.20. The van der Waals surface area contributed by atoms with Crippen LogP contribution in [0.1, 0.15) is 45.7 Å². The molecule has 2 rings (SSSR count). The Morgan fingerprint density at radius 3 is 2.08 bits per heavy atom. The van der Waals surface area contributed by atoms with Crippen LogP contribution in [0.4, 0.5) is 0 Å². The molecule has 2 atom stereocenters. The summed E-state index contributed by atoms with van der Waals surface area (Å²) in [5, 5.41) is 0.710. The van der Waals surface area contributed by atoms with Gasteiger partial charge in [-0.05, 0) is 35.4 Å². The minimum Gasteiger partial charge on any atom is -0.490 e. The Hall–Kier alpha value is -1.67. The van der Waals surface area contributed by atoms with E-state index in [0.717, 1.165) is 11.1 Å². The predicted molar refractivity (Wildman–Crippen MR) is 146 cm³/mol. The molecule has 0 radical (unpaired) electrons. The Kier molecular flexibility index (Phi) is 11.2. The zero-order chi connectivity index (χ0) is 27.1. The molecule has 0 bridgehead atoms. The lowest BCUT2D eigenvalue weighted by molar-refractivity contribution is -0.146. The second-order valence-electron chi connectivity index (χ2n) is 9.23. The Morgan fingerprint density at radius 1 is 1.00 bits per heavy atom. The average molecular weight is 580 g/mol. The van der Waals surface area contributed by atoms with E-state index in [4.69, 9.17) is 49.0 Å². The highest BCUT2D eigenvalue weighted by atomic mass is 35.5. The third kappa shape index (κ3) is 8.72. The number of halogens is 3. The molecule has 0 spiro atoms. The number of alkyl halides is 1. The molecule has 0 heterocycles. The first-order chi connectivity index (χ1) is 16.8. The van der Waals surface area contributed by atoms with Gasteiger partial charge in [0.05, 0.1) is 28.3 Å². The van der Waals surface area contributed by atoms with E-state index in [1.807, 2.05) is 57.2 Å². The maximum absolute atomic E-state index is 11.8. The normalized spacial score (nSPS) is 13.7. The van der Waals surface area contributed by atoms with Crippen LogP contribution in [0.2, 0.25) is 10.0 Å². The number of carbonyl (C=O) groups is 1. The molecule has 36 heavy (non-hydrogen) atoms.